The lowest BCUT2D eigenvalue weighted by Gasteiger charge is -2.18. The molecule has 0 unspecified atom stereocenters. The van der Waals surface area contributed by atoms with E-state index in [1.165, 1.54) is 11.1 Å². The van der Waals surface area contributed by atoms with Gasteiger partial charge in [0.1, 0.15) is 0 Å². The Morgan fingerprint density at radius 3 is 2.67 bits per heavy atom. The molecule has 3 heteroatoms. The van der Waals surface area contributed by atoms with Crippen molar-refractivity contribution in [1.82, 2.24) is 9.80 Å². The highest BCUT2D eigenvalue weighted by molar-refractivity contribution is 5.85. The molecule has 1 aliphatic heterocycles. The van der Waals surface area contributed by atoms with Gasteiger partial charge in [-0.05, 0) is 12.5 Å². The molecule has 0 amide bonds. The SMILES string of the molecule is Cc1cccc(CN2C=CN(C)C2)c1.Cl. The standard InChI is InChI=1S/C12H16N2.ClH/c1-11-4-3-5-12(8-11)9-14-7-6-13(2)10-14;/h3-8H,9-10H2,1-2H3;1H. The third-order valence-electron chi connectivity index (χ3n) is 2.40. The van der Waals surface area contributed by atoms with E-state index < -0.39 is 0 Å². The molecule has 1 aliphatic rings. The molecule has 0 aromatic heterocycles. The Morgan fingerprint density at radius 2 is 2.07 bits per heavy atom. The summed E-state index contributed by atoms with van der Waals surface area (Å²) in [5.74, 6) is 0. The molecule has 0 N–H and O–H groups in total. The van der Waals surface area contributed by atoms with Gasteiger partial charge in [0.2, 0.25) is 0 Å². The molecule has 0 saturated carbocycles. The van der Waals surface area contributed by atoms with Gasteiger partial charge >= 0.3 is 0 Å². The zero-order valence-corrected chi connectivity index (χ0v) is 10.00. The van der Waals surface area contributed by atoms with Crippen molar-refractivity contribution in [2.45, 2.75) is 13.5 Å². The highest BCUT2D eigenvalue weighted by Crippen LogP contribution is 2.11. The minimum absolute atomic E-state index is 0. The fourth-order valence-corrected chi connectivity index (χ4v) is 1.74. The number of benzene rings is 1. The van der Waals surface area contributed by atoms with Gasteiger partial charge < -0.3 is 9.80 Å². The van der Waals surface area contributed by atoms with Crippen LogP contribution in [0.4, 0.5) is 0 Å². The van der Waals surface area contributed by atoms with Crippen LogP contribution in [0, 0.1) is 6.92 Å². The van der Waals surface area contributed by atoms with Crippen molar-refractivity contribution < 1.29 is 0 Å². The molecule has 2 rings (SSSR count). The van der Waals surface area contributed by atoms with Crippen LogP contribution in [0.3, 0.4) is 0 Å². The summed E-state index contributed by atoms with van der Waals surface area (Å²) in [4.78, 5) is 4.48. The second-order valence-corrected chi connectivity index (χ2v) is 3.93. The van der Waals surface area contributed by atoms with E-state index in [0.717, 1.165) is 13.2 Å². The number of aryl methyl sites for hydroxylation is 1. The van der Waals surface area contributed by atoms with Crippen LogP contribution < -0.4 is 0 Å². The van der Waals surface area contributed by atoms with Gasteiger partial charge in [0.05, 0.1) is 6.67 Å². The largest absolute Gasteiger partial charge is 0.362 e. The van der Waals surface area contributed by atoms with E-state index in [-0.39, 0.29) is 12.4 Å². The summed E-state index contributed by atoms with van der Waals surface area (Å²) in [5.41, 5.74) is 2.71. The zero-order chi connectivity index (χ0) is 9.97. The lowest BCUT2D eigenvalue weighted by molar-refractivity contribution is 0.291. The molecule has 0 radical (unpaired) electrons. The Balaban J connectivity index is 0.00000112. The van der Waals surface area contributed by atoms with E-state index >= 15 is 0 Å². The minimum atomic E-state index is 0. The van der Waals surface area contributed by atoms with Gasteiger partial charge in [-0.2, -0.15) is 0 Å². The maximum atomic E-state index is 2.30. The quantitative estimate of drug-likeness (QED) is 0.762. The van der Waals surface area contributed by atoms with Crippen molar-refractivity contribution in [2.75, 3.05) is 13.7 Å². The molecule has 1 aromatic carbocycles. The Bertz CT molecular complexity index is 349. The smallest absolute Gasteiger partial charge is 0.0894 e. The number of halogens is 1. The predicted molar refractivity (Wildman–Crippen MR) is 65.7 cm³/mol. The highest BCUT2D eigenvalue weighted by atomic mass is 35.5. The molecular weight excluding hydrogens is 208 g/mol. The predicted octanol–water partition coefficient (Wildman–Crippen LogP) is 2.59. The van der Waals surface area contributed by atoms with Gasteiger partial charge in [0.25, 0.3) is 0 Å². The molecule has 0 bridgehead atoms. The molecule has 0 spiro atoms. The second kappa shape index (κ2) is 5.08. The summed E-state index contributed by atoms with van der Waals surface area (Å²) < 4.78 is 0. The van der Waals surface area contributed by atoms with E-state index in [4.69, 9.17) is 0 Å². The molecule has 1 heterocycles. The van der Waals surface area contributed by atoms with Crippen molar-refractivity contribution in [2.24, 2.45) is 0 Å². The monoisotopic (exact) mass is 224 g/mol. The fourth-order valence-electron chi connectivity index (χ4n) is 1.74. The van der Waals surface area contributed by atoms with Crippen LogP contribution in [0.25, 0.3) is 0 Å². The van der Waals surface area contributed by atoms with Crippen molar-refractivity contribution in [3.05, 3.63) is 47.8 Å². The van der Waals surface area contributed by atoms with Crippen molar-refractivity contribution in [1.29, 1.82) is 0 Å². The van der Waals surface area contributed by atoms with Gasteiger partial charge in [-0.15, -0.1) is 12.4 Å². The molecule has 15 heavy (non-hydrogen) atoms. The molecule has 0 fully saturated rings. The van der Waals surface area contributed by atoms with Crippen LogP contribution in [0.15, 0.2) is 36.7 Å². The fraction of sp³-hybridized carbons (Fsp3) is 0.333. The Hall–Kier alpha value is -1.15. The lowest BCUT2D eigenvalue weighted by Crippen LogP contribution is -2.21. The molecule has 2 nitrogen and oxygen atoms in total. The topological polar surface area (TPSA) is 6.48 Å². The Labute approximate surface area is 97.6 Å². The Kier molecular flexibility index (Phi) is 4.04. The summed E-state index contributed by atoms with van der Waals surface area (Å²) in [6.07, 6.45) is 4.25. The summed E-state index contributed by atoms with van der Waals surface area (Å²) >= 11 is 0. The van der Waals surface area contributed by atoms with Crippen LogP contribution in [-0.2, 0) is 6.54 Å². The van der Waals surface area contributed by atoms with E-state index in [9.17, 15) is 0 Å². The van der Waals surface area contributed by atoms with Gasteiger partial charge in [-0.1, -0.05) is 29.8 Å². The van der Waals surface area contributed by atoms with E-state index in [0.29, 0.717) is 0 Å². The van der Waals surface area contributed by atoms with Gasteiger partial charge in [0.15, 0.2) is 0 Å². The summed E-state index contributed by atoms with van der Waals surface area (Å²) in [7, 11) is 2.09. The normalized spacial score (nSPS) is 14.3. The maximum Gasteiger partial charge on any atom is 0.0894 e. The van der Waals surface area contributed by atoms with Gasteiger partial charge in [-0.25, -0.2) is 0 Å². The maximum absolute atomic E-state index is 2.30. The minimum Gasteiger partial charge on any atom is -0.362 e. The molecule has 0 saturated heterocycles. The summed E-state index contributed by atoms with van der Waals surface area (Å²) in [6.45, 7) is 4.13. The summed E-state index contributed by atoms with van der Waals surface area (Å²) in [5, 5.41) is 0. The lowest BCUT2D eigenvalue weighted by atomic mass is 10.1. The zero-order valence-electron chi connectivity index (χ0n) is 9.18. The first-order chi connectivity index (χ1) is 6.74. The molecule has 82 valence electrons. The molecule has 0 aliphatic carbocycles. The van der Waals surface area contributed by atoms with Gasteiger partial charge in [0, 0.05) is 26.0 Å². The number of hydrogen-bond donors (Lipinski definition) is 0. The number of nitrogens with zero attached hydrogens (tertiary/aromatic N) is 2. The van der Waals surface area contributed by atoms with E-state index in [1.807, 2.05) is 0 Å². The average Bonchev–Trinajstić information content (AvgIpc) is 2.51. The van der Waals surface area contributed by atoms with Crippen LogP contribution in [-0.4, -0.2) is 23.5 Å². The average molecular weight is 225 g/mol. The summed E-state index contributed by atoms with van der Waals surface area (Å²) in [6, 6.07) is 8.68. The van der Waals surface area contributed by atoms with E-state index in [2.05, 4.69) is 60.4 Å². The first-order valence-corrected chi connectivity index (χ1v) is 4.92. The van der Waals surface area contributed by atoms with Crippen LogP contribution in [0.1, 0.15) is 11.1 Å². The first kappa shape index (κ1) is 11.9. The third kappa shape index (κ3) is 3.17. The first-order valence-electron chi connectivity index (χ1n) is 4.92. The Morgan fingerprint density at radius 1 is 1.27 bits per heavy atom. The van der Waals surface area contributed by atoms with Crippen molar-refractivity contribution >= 4 is 12.4 Å². The van der Waals surface area contributed by atoms with Crippen molar-refractivity contribution in [3.63, 3.8) is 0 Å². The van der Waals surface area contributed by atoms with Crippen molar-refractivity contribution in [3.8, 4) is 0 Å². The third-order valence-corrected chi connectivity index (χ3v) is 2.40. The van der Waals surface area contributed by atoms with Gasteiger partial charge in [-0.3, -0.25) is 0 Å². The molecule has 1 aromatic rings. The van der Waals surface area contributed by atoms with Crippen LogP contribution >= 0.6 is 12.4 Å². The number of hydrogen-bond acceptors (Lipinski definition) is 2. The highest BCUT2D eigenvalue weighted by Gasteiger charge is 2.08. The number of rotatable bonds is 2. The second-order valence-electron chi connectivity index (χ2n) is 3.93. The van der Waals surface area contributed by atoms with E-state index in [1.54, 1.807) is 0 Å². The molecule has 0 atom stereocenters. The van der Waals surface area contributed by atoms with Crippen LogP contribution in [0.2, 0.25) is 0 Å². The molecular formula is C12H17ClN2. The van der Waals surface area contributed by atoms with Crippen LogP contribution in [0.5, 0.6) is 0 Å².